The van der Waals surface area contributed by atoms with E-state index in [4.69, 9.17) is 0 Å². The van der Waals surface area contributed by atoms with Crippen LogP contribution in [-0.2, 0) is 17.6 Å². The molecule has 2 aromatic rings. The lowest BCUT2D eigenvalue weighted by atomic mass is 10.00. The van der Waals surface area contributed by atoms with Gasteiger partial charge in [-0.3, -0.25) is 9.69 Å². The zero-order valence-corrected chi connectivity index (χ0v) is 16.9. The van der Waals surface area contributed by atoms with Crippen LogP contribution in [0, 0.1) is 0 Å². The lowest BCUT2D eigenvalue weighted by Gasteiger charge is -2.24. The predicted octanol–water partition coefficient (Wildman–Crippen LogP) is 2.97. The highest BCUT2D eigenvalue weighted by molar-refractivity contribution is 5.84. The number of aliphatic hydroxyl groups is 1. The number of aliphatic hydroxyl groups excluding tert-OH is 1. The summed E-state index contributed by atoms with van der Waals surface area (Å²) >= 11 is 0. The number of nitrogens with zero attached hydrogens (tertiary/aromatic N) is 2. The first-order valence-electron chi connectivity index (χ1n) is 10.1. The van der Waals surface area contributed by atoms with Crippen molar-refractivity contribution >= 4 is 16.8 Å². The van der Waals surface area contributed by atoms with Gasteiger partial charge < -0.3 is 15.0 Å². The van der Waals surface area contributed by atoms with Crippen LogP contribution in [0.5, 0.6) is 0 Å². The van der Waals surface area contributed by atoms with Gasteiger partial charge >= 0.3 is 0 Å². The van der Waals surface area contributed by atoms with Crippen molar-refractivity contribution in [3.05, 3.63) is 35.5 Å². The molecule has 0 radical (unpaired) electrons. The Balaban J connectivity index is 1.67. The molecule has 148 valence electrons. The molecule has 1 aliphatic heterocycles. The molecule has 0 spiro atoms. The molecular formula is C22H33N3O2. The van der Waals surface area contributed by atoms with Crippen molar-refractivity contribution < 1.29 is 9.90 Å². The lowest BCUT2D eigenvalue weighted by Crippen LogP contribution is -2.35. The SMILES string of the molecule is CC(O)CCc1ccc2[nH]cc(C[C@H]3CCCN3CCC(=O)N(C)C)c2c1. The summed E-state index contributed by atoms with van der Waals surface area (Å²) in [5, 5.41) is 10.8. The van der Waals surface area contributed by atoms with E-state index < -0.39 is 0 Å². The number of rotatable bonds is 8. The van der Waals surface area contributed by atoms with Gasteiger partial charge in [-0.05, 0) is 68.8 Å². The number of fused-ring (bicyclic) bond motifs is 1. The second-order valence-corrected chi connectivity index (χ2v) is 8.16. The van der Waals surface area contributed by atoms with E-state index in [2.05, 4.69) is 34.3 Å². The third-order valence-corrected chi connectivity index (χ3v) is 5.75. The van der Waals surface area contributed by atoms with Crippen molar-refractivity contribution in [2.75, 3.05) is 27.2 Å². The van der Waals surface area contributed by atoms with E-state index in [1.807, 2.05) is 21.0 Å². The maximum absolute atomic E-state index is 11.9. The average molecular weight is 372 g/mol. The van der Waals surface area contributed by atoms with E-state index in [9.17, 15) is 9.90 Å². The Labute approximate surface area is 162 Å². The van der Waals surface area contributed by atoms with Crippen LogP contribution in [0.1, 0.15) is 43.7 Å². The third kappa shape index (κ3) is 5.11. The predicted molar refractivity (Wildman–Crippen MR) is 110 cm³/mol. The fourth-order valence-electron chi connectivity index (χ4n) is 4.06. The minimum atomic E-state index is -0.261. The summed E-state index contributed by atoms with van der Waals surface area (Å²) in [5.74, 6) is 0.204. The number of aryl methyl sites for hydroxylation is 1. The molecule has 0 aliphatic carbocycles. The average Bonchev–Trinajstić information content (AvgIpc) is 3.25. The van der Waals surface area contributed by atoms with Crippen LogP contribution in [0.3, 0.4) is 0 Å². The van der Waals surface area contributed by atoms with Gasteiger partial charge in [0.2, 0.25) is 5.91 Å². The fraction of sp³-hybridized carbons (Fsp3) is 0.591. The zero-order chi connectivity index (χ0) is 19.4. The van der Waals surface area contributed by atoms with Crippen molar-refractivity contribution in [3.63, 3.8) is 0 Å². The number of aromatic nitrogens is 1. The van der Waals surface area contributed by atoms with E-state index in [-0.39, 0.29) is 12.0 Å². The largest absolute Gasteiger partial charge is 0.393 e. The molecular weight excluding hydrogens is 338 g/mol. The summed E-state index contributed by atoms with van der Waals surface area (Å²) in [6.07, 6.45) is 7.61. The summed E-state index contributed by atoms with van der Waals surface area (Å²) in [7, 11) is 3.65. The summed E-state index contributed by atoms with van der Waals surface area (Å²) in [6.45, 7) is 3.78. The highest BCUT2D eigenvalue weighted by Gasteiger charge is 2.26. The topological polar surface area (TPSA) is 59.6 Å². The Hall–Kier alpha value is -1.85. The van der Waals surface area contributed by atoms with Crippen LogP contribution in [-0.4, -0.2) is 65.1 Å². The van der Waals surface area contributed by atoms with Crippen LogP contribution in [0.25, 0.3) is 10.9 Å². The standard InChI is InChI=1S/C22H33N3O2/c1-16(26)6-7-17-8-9-21-20(13-17)18(15-23-21)14-19-5-4-11-25(19)12-10-22(27)24(2)3/h8-9,13,15-16,19,23,26H,4-7,10-12,14H2,1-3H3/t16?,19-/m1/s1. The highest BCUT2D eigenvalue weighted by atomic mass is 16.3. The van der Waals surface area contributed by atoms with Gasteiger partial charge in [-0.2, -0.15) is 0 Å². The van der Waals surface area contributed by atoms with Gasteiger partial charge in [0.25, 0.3) is 0 Å². The first-order chi connectivity index (χ1) is 12.9. The fourth-order valence-corrected chi connectivity index (χ4v) is 4.06. The number of hydrogen-bond donors (Lipinski definition) is 2. The molecule has 5 heteroatoms. The van der Waals surface area contributed by atoms with Crippen molar-refractivity contribution in [3.8, 4) is 0 Å². The van der Waals surface area contributed by atoms with E-state index in [0.29, 0.717) is 12.5 Å². The van der Waals surface area contributed by atoms with Crippen LogP contribution < -0.4 is 0 Å². The molecule has 2 heterocycles. The number of nitrogens with one attached hydrogen (secondary N) is 1. The highest BCUT2D eigenvalue weighted by Crippen LogP contribution is 2.27. The van der Waals surface area contributed by atoms with E-state index in [1.54, 1.807) is 4.90 Å². The van der Waals surface area contributed by atoms with Gasteiger partial charge in [0, 0.05) is 50.2 Å². The normalized spacial score (nSPS) is 18.9. The summed E-state index contributed by atoms with van der Waals surface area (Å²) in [5.41, 5.74) is 3.82. The molecule has 1 saturated heterocycles. The smallest absolute Gasteiger partial charge is 0.223 e. The number of hydrogen-bond acceptors (Lipinski definition) is 3. The van der Waals surface area contributed by atoms with Gasteiger partial charge in [0.05, 0.1) is 6.10 Å². The summed E-state index contributed by atoms with van der Waals surface area (Å²) < 4.78 is 0. The molecule has 1 aliphatic rings. The molecule has 1 fully saturated rings. The van der Waals surface area contributed by atoms with Crippen LogP contribution in [0.4, 0.5) is 0 Å². The van der Waals surface area contributed by atoms with Crippen molar-refractivity contribution in [1.82, 2.24) is 14.8 Å². The van der Waals surface area contributed by atoms with Crippen molar-refractivity contribution in [2.24, 2.45) is 0 Å². The van der Waals surface area contributed by atoms with E-state index in [0.717, 1.165) is 32.4 Å². The molecule has 1 unspecified atom stereocenters. The van der Waals surface area contributed by atoms with Crippen LogP contribution in [0.2, 0.25) is 0 Å². The summed E-state index contributed by atoms with van der Waals surface area (Å²) in [4.78, 5) is 19.5. The van der Waals surface area contributed by atoms with E-state index >= 15 is 0 Å². The maximum atomic E-state index is 11.9. The molecule has 0 bridgehead atoms. The Bertz CT molecular complexity index is 766. The minimum Gasteiger partial charge on any atom is -0.393 e. The number of amides is 1. The molecule has 3 rings (SSSR count). The maximum Gasteiger partial charge on any atom is 0.223 e. The van der Waals surface area contributed by atoms with Crippen LogP contribution in [0.15, 0.2) is 24.4 Å². The van der Waals surface area contributed by atoms with Gasteiger partial charge in [0.1, 0.15) is 0 Å². The van der Waals surface area contributed by atoms with Gasteiger partial charge in [-0.25, -0.2) is 0 Å². The zero-order valence-electron chi connectivity index (χ0n) is 16.9. The molecule has 27 heavy (non-hydrogen) atoms. The molecule has 2 N–H and O–H groups in total. The Morgan fingerprint density at radius 2 is 2.22 bits per heavy atom. The Kier molecular flexibility index (Phi) is 6.55. The quantitative estimate of drug-likeness (QED) is 0.750. The van der Waals surface area contributed by atoms with Gasteiger partial charge in [-0.1, -0.05) is 6.07 Å². The first-order valence-corrected chi connectivity index (χ1v) is 10.1. The second-order valence-electron chi connectivity index (χ2n) is 8.16. The molecule has 1 amide bonds. The van der Waals surface area contributed by atoms with Gasteiger partial charge in [-0.15, -0.1) is 0 Å². The minimum absolute atomic E-state index is 0.204. The number of aromatic amines is 1. The Morgan fingerprint density at radius 1 is 1.41 bits per heavy atom. The number of H-pyrrole nitrogens is 1. The monoisotopic (exact) mass is 371 g/mol. The van der Waals surface area contributed by atoms with Crippen molar-refractivity contribution in [1.29, 1.82) is 0 Å². The second kappa shape index (κ2) is 8.89. The van der Waals surface area contributed by atoms with Gasteiger partial charge in [0.15, 0.2) is 0 Å². The first kappa shape index (κ1) is 19.9. The number of carbonyl (C=O) groups excluding carboxylic acids is 1. The molecule has 2 atom stereocenters. The lowest BCUT2D eigenvalue weighted by molar-refractivity contribution is -0.129. The molecule has 1 aromatic heterocycles. The third-order valence-electron chi connectivity index (χ3n) is 5.75. The van der Waals surface area contributed by atoms with E-state index in [1.165, 1.54) is 34.9 Å². The molecule has 1 aromatic carbocycles. The number of benzene rings is 1. The number of likely N-dealkylation sites (tertiary alicyclic amines) is 1. The number of carbonyl (C=O) groups is 1. The molecule has 5 nitrogen and oxygen atoms in total. The Morgan fingerprint density at radius 3 is 2.96 bits per heavy atom. The van der Waals surface area contributed by atoms with Crippen molar-refractivity contribution in [2.45, 2.75) is 57.6 Å². The summed E-state index contributed by atoms with van der Waals surface area (Å²) in [6, 6.07) is 7.09. The molecule has 0 saturated carbocycles. The van der Waals surface area contributed by atoms with Crippen LogP contribution >= 0.6 is 0 Å².